The van der Waals surface area contributed by atoms with E-state index in [9.17, 15) is 9.59 Å². The summed E-state index contributed by atoms with van der Waals surface area (Å²) >= 11 is 0. The van der Waals surface area contributed by atoms with Gasteiger partial charge in [0.05, 0.1) is 0 Å². The lowest BCUT2D eigenvalue weighted by Gasteiger charge is -2.01. The van der Waals surface area contributed by atoms with Gasteiger partial charge in [-0.3, -0.25) is 4.79 Å². The van der Waals surface area contributed by atoms with Crippen molar-refractivity contribution >= 4 is 11.6 Å². The molecule has 0 radical (unpaired) electrons. The third-order valence-corrected chi connectivity index (χ3v) is 3.32. The Morgan fingerprint density at radius 2 is 1.94 bits per heavy atom. The molecule has 1 aliphatic rings. The van der Waals surface area contributed by atoms with Crippen molar-refractivity contribution in [3.63, 3.8) is 0 Å². The van der Waals surface area contributed by atoms with E-state index in [-0.39, 0.29) is 17.5 Å². The fourth-order valence-electron chi connectivity index (χ4n) is 2.45. The molecule has 0 amide bonds. The summed E-state index contributed by atoms with van der Waals surface area (Å²) in [5.41, 5.74) is 2.16. The molecule has 0 saturated heterocycles. The largest absolute Gasteiger partial charge is 0.300 e. The molecule has 1 aromatic rings. The molecule has 94 valence electrons. The fourth-order valence-corrected chi connectivity index (χ4v) is 2.45. The molecule has 1 aliphatic carbocycles. The molecule has 0 aromatic heterocycles. The molecule has 0 fully saturated rings. The lowest BCUT2D eigenvalue weighted by Crippen LogP contribution is -2.03. The van der Waals surface area contributed by atoms with Crippen LogP contribution < -0.4 is 0 Å². The number of benzene rings is 1. The maximum Gasteiger partial charge on any atom is 0.159 e. The summed E-state index contributed by atoms with van der Waals surface area (Å²) in [5.74, 6) is 0.520. The van der Waals surface area contributed by atoms with Gasteiger partial charge in [0.15, 0.2) is 5.78 Å². The molecule has 0 spiro atoms. The Kier molecular flexibility index (Phi) is 4.08. The number of Topliss-reactive ketones (excluding diaryl/α,β-unsaturated/α-hetero) is 2. The topological polar surface area (TPSA) is 34.1 Å². The minimum atomic E-state index is 0.140. The van der Waals surface area contributed by atoms with Gasteiger partial charge in [0.2, 0.25) is 0 Å². The Labute approximate surface area is 108 Å². The highest BCUT2D eigenvalue weighted by Crippen LogP contribution is 2.26. The second-order valence-corrected chi connectivity index (χ2v) is 4.97. The van der Waals surface area contributed by atoms with E-state index < -0.39 is 0 Å². The van der Waals surface area contributed by atoms with E-state index in [0.29, 0.717) is 12.8 Å². The van der Waals surface area contributed by atoms with E-state index in [0.717, 1.165) is 18.4 Å². The summed E-state index contributed by atoms with van der Waals surface area (Å²) in [7, 11) is 0. The average molecular weight is 242 g/mol. The number of ketones is 2. The van der Waals surface area contributed by atoms with Crippen LogP contribution in [0.5, 0.6) is 0 Å². The van der Waals surface area contributed by atoms with Gasteiger partial charge in [-0.25, -0.2) is 0 Å². The average Bonchev–Trinajstić information content (AvgIpc) is 2.67. The van der Waals surface area contributed by atoms with Gasteiger partial charge in [0.25, 0.3) is 0 Å². The first-order valence-corrected chi connectivity index (χ1v) is 6.42. The van der Waals surface area contributed by atoms with Gasteiger partial charge in [-0.05, 0) is 36.8 Å². The zero-order valence-electron chi connectivity index (χ0n) is 10.7. The van der Waals surface area contributed by atoms with Crippen molar-refractivity contribution in [2.24, 2.45) is 5.92 Å². The van der Waals surface area contributed by atoms with Crippen LogP contribution in [0.2, 0.25) is 0 Å². The van der Waals surface area contributed by atoms with Gasteiger partial charge >= 0.3 is 0 Å². The molecule has 0 aliphatic heterocycles. The Morgan fingerprint density at radius 1 is 1.22 bits per heavy atom. The minimum Gasteiger partial charge on any atom is -0.300 e. The number of hydrogen-bond acceptors (Lipinski definition) is 2. The van der Waals surface area contributed by atoms with E-state index >= 15 is 0 Å². The number of carbonyl (C=O) groups is 2. The highest BCUT2D eigenvalue weighted by atomic mass is 16.1. The molecule has 1 unspecified atom stereocenters. The van der Waals surface area contributed by atoms with Crippen LogP contribution in [0.1, 0.15) is 31.7 Å². The zero-order chi connectivity index (χ0) is 13.0. The van der Waals surface area contributed by atoms with Crippen molar-refractivity contribution in [2.75, 3.05) is 0 Å². The molecular formula is C16H18O2. The van der Waals surface area contributed by atoms with Crippen molar-refractivity contribution in [2.45, 2.75) is 32.6 Å². The number of rotatable bonds is 5. The molecule has 1 atom stereocenters. The highest BCUT2D eigenvalue weighted by molar-refractivity contribution is 5.98. The van der Waals surface area contributed by atoms with Crippen LogP contribution in [0.4, 0.5) is 0 Å². The fraction of sp³-hybridized carbons (Fsp3) is 0.375. The predicted molar refractivity (Wildman–Crippen MR) is 71.3 cm³/mol. The van der Waals surface area contributed by atoms with Gasteiger partial charge in [-0.15, -0.1) is 0 Å². The van der Waals surface area contributed by atoms with Crippen LogP contribution >= 0.6 is 0 Å². The number of carbonyl (C=O) groups excluding carboxylic acids is 2. The van der Waals surface area contributed by atoms with Crippen LogP contribution in [0, 0.1) is 5.92 Å². The molecule has 0 bridgehead atoms. The number of hydrogen-bond donors (Lipinski definition) is 0. The summed E-state index contributed by atoms with van der Waals surface area (Å²) in [6.45, 7) is 1.58. The molecule has 18 heavy (non-hydrogen) atoms. The van der Waals surface area contributed by atoms with Crippen LogP contribution in [-0.4, -0.2) is 11.6 Å². The van der Waals surface area contributed by atoms with Gasteiger partial charge in [0.1, 0.15) is 5.78 Å². The van der Waals surface area contributed by atoms with Gasteiger partial charge in [-0.1, -0.05) is 36.4 Å². The van der Waals surface area contributed by atoms with Crippen LogP contribution in [0.15, 0.2) is 42.0 Å². The number of aryl methyl sites for hydroxylation is 1. The van der Waals surface area contributed by atoms with Gasteiger partial charge in [-0.2, -0.15) is 0 Å². The van der Waals surface area contributed by atoms with Gasteiger partial charge in [0, 0.05) is 12.8 Å². The quantitative estimate of drug-likeness (QED) is 0.795. The Hall–Kier alpha value is -1.70. The van der Waals surface area contributed by atoms with Crippen molar-refractivity contribution < 1.29 is 9.59 Å². The molecule has 2 nitrogen and oxygen atoms in total. The molecule has 2 heteroatoms. The summed E-state index contributed by atoms with van der Waals surface area (Å²) in [6, 6.07) is 10.2. The third-order valence-electron chi connectivity index (χ3n) is 3.32. The van der Waals surface area contributed by atoms with Crippen molar-refractivity contribution in [3.8, 4) is 0 Å². The molecule has 2 rings (SSSR count). The Morgan fingerprint density at radius 3 is 2.61 bits per heavy atom. The lowest BCUT2D eigenvalue weighted by molar-refractivity contribution is -0.118. The highest BCUT2D eigenvalue weighted by Gasteiger charge is 2.24. The molecule has 0 N–H and O–H groups in total. The van der Waals surface area contributed by atoms with Crippen molar-refractivity contribution in [1.29, 1.82) is 0 Å². The second kappa shape index (κ2) is 5.76. The van der Waals surface area contributed by atoms with Crippen LogP contribution in [0.3, 0.4) is 0 Å². The van der Waals surface area contributed by atoms with E-state index in [2.05, 4.69) is 12.1 Å². The minimum absolute atomic E-state index is 0.140. The van der Waals surface area contributed by atoms with E-state index in [1.54, 1.807) is 6.92 Å². The molecular weight excluding hydrogens is 224 g/mol. The maximum absolute atomic E-state index is 11.8. The van der Waals surface area contributed by atoms with Crippen molar-refractivity contribution in [3.05, 3.63) is 47.5 Å². The van der Waals surface area contributed by atoms with Crippen LogP contribution in [0.25, 0.3) is 0 Å². The third kappa shape index (κ3) is 3.39. The smallest absolute Gasteiger partial charge is 0.159 e. The van der Waals surface area contributed by atoms with E-state index in [1.807, 2.05) is 24.3 Å². The van der Waals surface area contributed by atoms with E-state index in [1.165, 1.54) is 5.56 Å². The lowest BCUT2D eigenvalue weighted by atomic mass is 10.0. The molecule has 0 saturated carbocycles. The SMILES string of the molecule is CC(=O)CC1C=C(CCc2ccccc2)C(=O)C1. The molecule has 1 aromatic carbocycles. The van der Waals surface area contributed by atoms with E-state index in [4.69, 9.17) is 0 Å². The summed E-state index contributed by atoms with van der Waals surface area (Å²) in [5, 5.41) is 0. The first-order valence-electron chi connectivity index (χ1n) is 6.42. The zero-order valence-corrected chi connectivity index (χ0v) is 10.7. The second-order valence-electron chi connectivity index (χ2n) is 4.97. The first kappa shape index (κ1) is 12.7. The summed E-state index contributed by atoms with van der Waals surface area (Å²) in [6.07, 6.45) is 4.71. The Balaban J connectivity index is 1.93. The summed E-state index contributed by atoms with van der Waals surface area (Å²) in [4.78, 5) is 22.9. The predicted octanol–water partition coefficient (Wildman–Crippen LogP) is 3.11. The Bertz CT molecular complexity index is 471. The van der Waals surface area contributed by atoms with Crippen molar-refractivity contribution in [1.82, 2.24) is 0 Å². The van der Waals surface area contributed by atoms with Gasteiger partial charge < -0.3 is 4.79 Å². The maximum atomic E-state index is 11.8. The first-order chi connectivity index (χ1) is 8.65. The normalized spacial score (nSPS) is 18.8. The van der Waals surface area contributed by atoms with Crippen LogP contribution in [-0.2, 0) is 16.0 Å². The number of allylic oxidation sites excluding steroid dienone is 2. The monoisotopic (exact) mass is 242 g/mol. The summed E-state index contributed by atoms with van der Waals surface area (Å²) < 4.78 is 0. The standard InChI is InChI=1S/C16H18O2/c1-12(17)9-14-10-15(16(18)11-14)8-7-13-5-3-2-4-6-13/h2-6,10,14H,7-9,11H2,1H3. The molecule has 0 heterocycles.